The molecule has 0 saturated carbocycles. The van der Waals surface area contributed by atoms with Crippen LogP contribution in [0.5, 0.6) is 0 Å². The van der Waals surface area contributed by atoms with Crippen LogP contribution in [0.2, 0.25) is 0 Å². The maximum Gasteiger partial charge on any atom is 0.293 e. The Balaban J connectivity index is 1.68. The number of nitro benzene ring substituents is 1. The number of likely N-dealkylation sites (tertiary alicyclic amines) is 1. The van der Waals surface area contributed by atoms with Gasteiger partial charge in [0, 0.05) is 57.3 Å². The van der Waals surface area contributed by atoms with E-state index in [-0.39, 0.29) is 17.5 Å². The highest BCUT2D eigenvalue weighted by molar-refractivity contribution is 5.95. The largest absolute Gasteiger partial charge is 0.362 e. The second-order valence-corrected chi connectivity index (χ2v) is 7.59. The van der Waals surface area contributed by atoms with Crippen molar-refractivity contribution in [3.8, 4) is 0 Å². The summed E-state index contributed by atoms with van der Waals surface area (Å²) < 4.78 is 0. The first kappa shape index (κ1) is 21.0. The number of nitrogens with one attached hydrogen (secondary N) is 1. The van der Waals surface area contributed by atoms with E-state index in [4.69, 9.17) is 0 Å². The van der Waals surface area contributed by atoms with E-state index >= 15 is 0 Å². The van der Waals surface area contributed by atoms with Crippen molar-refractivity contribution in [2.24, 2.45) is 0 Å². The summed E-state index contributed by atoms with van der Waals surface area (Å²) in [7, 11) is 0. The fraction of sp³-hybridized carbons (Fsp3) is 0.600. The van der Waals surface area contributed by atoms with E-state index in [0.717, 1.165) is 25.9 Å². The van der Waals surface area contributed by atoms with Crippen molar-refractivity contribution >= 4 is 23.2 Å². The first-order chi connectivity index (χ1) is 13.9. The van der Waals surface area contributed by atoms with E-state index in [1.807, 2.05) is 4.90 Å². The Bertz CT molecular complexity index is 776. The molecule has 0 spiro atoms. The summed E-state index contributed by atoms with van der Waals surface area (Å²) >= 11 is 0. The maximum absolute atomic E-state index is 12.6. The normalized spacial score (nSPS) is 20.0. The fourth-order valence-corrected chi connectivity index (χ4v) is 4.20. The number of carbonyl (C=O) groups is 2. The van der Waals surface area contributed by atoms with Crippen LogP contribution in [-0.2, 0) is 4.79 Å². The van der Waals surface area contributed by atoms with Crippen molar-refractivity contribution in [1.82, 2.24) is 15.1 Å². The van der Waals surface area contributed by atoms with Gasteiger partial charge >= 0.3 is 0 Å². The van der Waals surface area contributed by atoms with Gasteiger partial charge in [-0.05, 0) is 38.1 Å². The molecule has 9 heteroatoms. The van der Waals surface area contributed by atoms with E-state index in [1.54, 1.807) is 17.0 Å². The molecule has 1 aromatic rings. The molecule has 2 aliphatic rings. The molecule has 1 aromatic carbocycles. The second kappa shape index (κ2) is 9.21. The van der Waals surface area contributed by atoms with Crippen LogP contribution < -0.4 is 10.2 Å². The third-order valence-electron chi connectivity index (χ3n) is 5.90. The van der Waals surface area contributed by atoms with Crippen molar-refractivity contribution in [2.75, 3.05) is 50.7 Å². The molecule has 1 atom stereocenters. The Labute approximate surface area is 170 Å². The maximum atomic E-state index is 12.6. The first-order valence-electron chi connectivity index (χ1n) is 10.2. The van der Waals surface area contributed by atoms with E-state index in [0.29, 0.717) is 50.0 Å². The summed E-state index contributed by atoms with van der Waals surface area (Å²) in [6.07, 6.45) is 2.19. The van der Waals surface area contributed by atoms with Crippen molar-refractivity contribution in [1.29, 1.82) is 0 Å². The minimum absolute atomic E-state index is 0.00932. The van der Waals surface area contributed by atoms with Crippen LogP contribution in [0.1, 0.15) is 37.0 Å². The lowest BCUT2D eigenvalue weighted by molar-refractivity contribution is -0.384. The molecule has 1 unspecified atom stereocenters. The molecule has 1 N–H and O–H groups in total. The van der Waals surface area contributed by atoms with Gasteiger partial charge in [0.05, 0.1) is 4.92 Å². The number of anilines is 1. The minimum Gasteiger partial charge on any atom is -0.362 e. The highest BCUT2D eigenvalue weighted by Gasteiger charge is 2.27. The molecule has 0 bridgehead atoms. The molecular weight excluding hydrogens is 374 g/mol. The first-order valence-corrected chi connectivity index (χ1v) is 10.2. The Morgan fingerprint density at radius 3 is 2.55 bits per heavy atom. The van der Waals surface area contributed by atoms with Gasteiger partial charge in [-0.25, -0.2) is 0 Å². The van der Waals surface area contributed by atoms with Gasteiger partial charge in [-0.1, -0.05) is 6.92 Å². The molecule has 2 aliphatic heterocycles. The number of nitro groups is 1. The van der Waals surface area contributed by atoms with Crippen molar-refractivity contribution in [3.05, 3.63) is 33.9 Å². The number of likely N-dealkylation sites (N-methyl/N-ethyl adjacent to an activating group) is 1. The Morgan fingerprint density at radius 1 is 1.21 bits per heavy atom. The average molecular weight is 403 g/mol. The number of amides is 2. The molecule has 2 fully saturated rings. The molecule has 2 saturated heterocycles. The van der Waals surface area contributed by atoms with Crippen LogP contribution in [0, 0.1) is 10.1 Å². The fourth-order valence-electron chi connectivity index (χ4n) is 4.20. The number of hydrogen-bond acceptors (Lipinski definition) is 6. The summed E-state index contributed by atoms with van der Waals surface area (Å²) in [6, 6.07) is 4.97. The van der Waals surface area contributed by atoms with Crippen LogP contribution in [0.25, 0.3) is 0 Å². The van der Waals surface area contributed by atoms with Gasteiger partial charge in [0.2, 0.25) is 5.91 Å². The highest BCUT2D eigenvalue weighted by Crippen LogP contribution is 2.30. The number of nitrogens with zero attached hydrogens (tertiary/aromatic N) is 4. The Morgan fingerprint density at radius 2 is 1.93 bits per heavy atom. The molecule has 2 heterocycles. The molecular formula is C20H29N5O4. The standard InChI is InChI=1S/C20H29N5O4/c1-3-22-8-4-5-17(22)14-21-20(27)16-6-7-18(19(13-16)25(28)29)24-11-9-23(10-12-24)15(2)26/h6-7,13,17H,3-5,8-12,14H2,1-2H3,(H,21,27). The molecule has 9 nitrogen and oxygen atoms in total. The van der Waals surface area contributed by atoms with Crippen LogP contribution in [0.4, 0.5) is 11.4 Å². The Hall–Kier alpha value is -2.68. The number of carbonyl (C=O) groups excluding carboxylic acids is 2. The quantitative estimate of drug-likeness (QED) is 0.571. The molecule has 29 heavy (non-hydrogen) atoms. The smallest absolute Gasteiger partial charge is 0.293 e. The van der Waals surface area contributed by atoms with Crippen molar-refractivity contribution in [2.45, 2.75) is 32.7 Å². The molecule has 2 amide bonds. The zero-order valence-corrected chi connectivity index (χ0v) is 17.1. The monoisotopic (exact) mass is 403 g/mol. The van der Waals surface area contributed by atoms with Gasteiger partial charge in [0.15, 0.2) is 0 Å². The van der Waals surface area contributed by atoms with Gasteiger partial charge in [-0.15, -0.1) is 0 Å². The van der Waals surface area contributed by atoms with Crippen LogP contribution in [0.3, 0.4) is 0 Å². The van der Waals surface area contributed by atoms with Gasteiger partial charge in [-0.2, -0.15) is 0 Å². The van der Waals surface area contributed by atoms with Crippen molar-refractivity contribution < 1.29 is 14.5 Å². The molecule has 0 radical (unpaired) electrons. The van der Waals surface area contributed by atoms with E-state index in [1.165, 1.54) is 13.0 Å². The third kappa shape index (κ3) is 4.84. The van der Waals surface area contributed by atoms with Gasteiger partial charge in [0.25, 0.3) is 11.6 Å². The summed E-state index contributed by atoms with van der Waals surface area (Å²) in [5, 5.41) is 14.6. The number of rotatable bonds is 6. The van der Waals surface area contributed by atoms with E-state index in [9.17, 15) is 19.7 Å². The molecule has 0 aromatic heterocycles. The predicted octanol–water partition coefficient (Wildman–Crippen LogP) is 1.48. The van der Waals surface area contributed by atoms with Gasteiger partial charge in [-0.3, -0.25) is 24.6 Å². The van der Waals surface area contributed by atoms with Crippen molar-refractivity contribution in [3.63, 3.8) is 0 Å². The van der Waals surface area contributed by atoms with Crippen LogP contribution >= 0.6 is 0 Å². The summed E-state index contributed by atoms with van der Waals surface area (Å²) in [5.74, 6) is -0.279. The van der Waals surface area contributed by atoms with E-state index in [2.05, 4.69) is 17.1 Å². The van der Waals surface area contributed by atoms with Crippen LogP contribution in [-0.4, -0.2) is 78.4 Å². The lowest BCUT2D eigenvalue weighted by Gasteiger charge is -2.35. The number of benzene rings is 1. The van der Waals surface area contributed by atoms with Gasteiger partial charge < -0.3 is 15.1 Å². The lowest BCUT2D eigenvalue weighted by atomic mass is 10.1. The van der Waals surface area contributed by atoms with Gasteiger partial charge in [0.1, 0.15) is 5.69 Å². The zero-order chi connectivity index (χ0) is 21.0. The highest BCUT2D eigenvalue weighted by atomic mass is 16.6. The molecule has 158 valence electrons. The molecule has 3 rings (SSSR count). The average Bonchev–Trinajstić information content (AvgIpc) is 3.19. The SMILES string of the molecule is CCN1CCCC1CNC(=O)c1ccc(N2CCN(C(C)=O)CC2)c([N+](=O)[O-])c1. The summed E-state index contributed by atoms with van der Waals surface area (Å²) in [5.41, 5.74) is 0.705. The number of hydrogen-bond donors (Lipinski definition) is 1. The topological polar surface area (TPSA) is 99.0 Å². The third-order valence-corrected chi connectivity index (χ3v) is 5.90. The minimum atomic E-state index is -0.445. The van der Waals surface area contributed by atoms with E-state index < -0.39 is 4.92 Å². The van der Waals surface area contributed by atoms with Crippen LogP contribution in [0.15, 0.2) is 18.2 Å². The summed E-state index contributed by atoms with van der Waals surface area (Å²) in [4.78, 5) is 41.2. The molecule has 0 aliphatic carbocycles. The zero-order valence-electron chi connectivity index (χ0n) is 17.1. The predicted molar refractivity (Wildman–Crippen MR) is 110 cm³/mol. The lowest BCUT2D eigenvalue weighted by Crippen LogP contribution is -2.48. The summed E-state index contributed by atoms with van der Waals surface area (Å²) in [6.45, 7) is 8.31. The second-order valence-electron chi connectivity index (χ2n) is 7.59. The Kier molecular flexibility index (Phi) is 6.68. The number of piperazine rings is 1.